The summed E-state index contributed by atoms with van der Waals surface area (Å²) in [4.78, 5) is 15.3. The number of benzene rings is 1. The number of carbonyl (C=O) groups is 1. The monoisotopic (exact) mass is 325 g/mol. The fourth-order valence-corrected chi connectivity index (χ4v) is 3.65. The molecule has 1 aromatic carbocycles. The number of nitrogens with zero attached hydrogens (tertiary/aromatic N) is 2. The van der Waals surface area contributed by atoms with Crippen LogP contribution in [0.1, 0.15) is 6.42 Å². The van der Waals surface area contributed by atoms with Gasteiger partial charge in [-0.15, -0.1) is 0 Å². The van der Waals surface area contributed by atoms with Gasteiger partial charge >= 0.3 is 6.09 Å². The van der Waals surface area contributed by atoms with Gasteiger partial charge in [0.15, 0.2) is 0 Å². The van der Waals surface area contributed by atoms with Gasteiger partial charge < -0.3 is 15.4 Å². The molecule has 0 bridgehead atoms. The standard InChI is InChI=1S/C15H20FN3O2S/c16-13-8-11(19-10-12(9-17)21-15(19)20)2-3-14(13)18-4-1-6-22-7-5-18/h2-3,8,12H,1,4-7,9-10,17H2. The van der Waals surface area contributed by atoms with E-state index in [1.165, 1.54) is 11.0 Å². The molecule has 22 heavy (non-hydrogen) atoms. The Kier molecular flexibility index (Phi) is 4.73. The van der Waals surface area contributed by atoms with Crippen molar-refractivity contribution in [3.05, 3.63) is 24.0 Å². The van der Waals surface area contributed by atoms with E-state index in [0.29, 0.717) is 17.9 Å². The molecule has 0 aromatic heterocycles. The maximum absolute atomic E-state index is 14.5. The van der Waals surface area contributed by atoms with Crippen LogP contribution in [0.2, 0.25) is 0 Å². The summed E-state index contributed by atoms with van der Waals surface area (Å²) in [6.07, 6.45) is 0.273. The van der Waals surface area contributed by atoms with Crippen molar-refractivity contribution >= 4 is 29.2 Å². The second-order valence-electron chi connectivity index (χ2n) is 5.44. The van der Waals surface area contributed by atoms with Crippen molar-refractivity contribution in [2.45, 2.75) is 12.5 Å². The van der Waals surface area contributed by atoms with Crippen molar-refractivity contribution in [2.75, 3.05) is 47.5 Å². The minimum atomic E-state index is -0.464. The molecule has 2 fully saturated rings. The summed E-state index contributed by atoms with van der Waals surface area (Å²) in [6, 6.07) is 4.94. The quantitative estimate of drug-likeness (QED) is 0.922. The van der Waals surface area contributed by atoms with Crippen molar-refractivity contribution < 1.29 is 13.9 Å². The van der Waals surface area contributed by atoms with Crippen LogP contribution in [0.3, 0.4) is 0 Å². The van der Waals surface area contributed by atoms with Gasteiger partial charge in [-0.1, -0.05) is 0 Å². The normalized spacial score (nSPS) is 22.6. The number of anilines is 2. The number of amides is 1. The largest absolute Gasteiger partial charge is 0.443 e. The molecule has 120 valence electrons. The first-order valence-corrected chi connectivity index (χ1v) is 8.65. The molecule has 1 aromatic rings. The Bertz CT molecular complexity index is 550. The first kappa shape index (κ1) is 15.4. The topological polar surface area (TPSA) is 58.8 Å². The second kappa shape index (κ2) is 6.75. The molecular weight excluding hydrogens is 305 g/mol. The van der Waals surface area contributed by atoms with E-state index in [9.17, 15) is 9.18 Å². The number of hydrogen-bond donors (Lipinski definition) is 1. The predicted molar refractivity (Wildman–Crippen MR) is 87.2 cm³/mol. The van der Waals surface area contributed by atoms with Gasteiger partial charge in [0.2, 0.25) is 0 Å². The highest BCUT2D eigenvalue weighted by atomic mass is 32.2. The lowest BCUT2D eigenvalue weighted by atomic mass is 10.2. The third-order valence-electron chi connectivity index (χ3n) is 3.94. The zero-order valence-corrected chi connectivity index (χ0v) is 13.2. The summed E-state index contributed by atoms with van der Waals surface area (Å²) in [5, 5.41) is 0. The van der Waals surface area contributed by atoms with Crippen LogP contribution in [-0.4, -0.2) is 49.9 Å². The van der Waals surface area contributed by atoms with Crippen LogP contribution < -0.4 is 15.5 Å². The Hall–Kier alpha value is -1.47. The van der Waals surface area contributed by atoms with E-state index in [1.807, 2.05) is 11.8 Å². The smallest absolute Gasteiger partial charge is 0.414 e. The SMILES string of the molecule is NCC1CN(c2ccc(N3CCCSCC3)c(F)c2)C(=O)O1. The van der Waals surface area contributed by atoms with E-state index in [0.717, 1.165) is 31.0 Å². The number of ether oxygens (including phenoxy) is 1. The van der Waals surface area contributed by atoms with E-state index in [4.69, 9.17) is 10.5 Å². The Morgan fingerprint density at radius 2 is 2.23 bits per heavy atom. The van der Waals surface area contributed by atoms with E-state index in [1.54, 1.807) is 12.1 Å². The van der Waals surface area contributed by atoms with Crippen molar-refractivity contribution in [3.63, 3.8) is 0 Å². The molecule has 0 aliphatic carbocycles. The summed E-state index contributed by atoms with van der Waals surface area (Å²) in [5.41, 5.74) is 6.64. The molecule has 3 rings (SSSR count). The summed E-state index contributed by atoms with van der Waals surface area (Å²) < 4.78 is 19.6. The van der Waals surface area contributed by atoms with E-state index in [-0.39, 0.29) is 18.5 Å². The van der Waals surface area contributed by atoms with Crippen molar-refractivity contribution in [1.29, 1.82) is 0 Å². The predicted octanol–water partition coefficient (Wildman–Crippen LogP) is 2.05. The van der Waals surface area contributed by atoms with Gasteiger partial charge in [-0.05, 0) is 30.4 Å². The highest BCUT2D eigenvalue weighted by molar-refractivity contribution is 7.99. The average molecular weight is 325 g/mol. The van der Waals surface area contributed by atoms with E-state index >= 15 is 0 Å². The molecule has 5 nitrogen and oxygen atoms in total. The lowest BCUT2D eigenvalue weighted by Crippen LogP contribution is -2.28. The Morgan fingerprint density at radius 1 is 1.36 bits per heavy atom. The van der Waals surface area contributed by atoms with Gasteiger partial charge in [0, 0.05) is 25.4 Å². The van der Waals surface area contributed by atoms with Gasteiger partial charge in [0.05, 0.1) is 17.9 Å². The number of cyclic esters (lactones) is 1. The fourth-order valence-electron chi connectivity index (χ4n) is 2.76. The number of thioether (sulfide) groups is 1. The zero-order valence-electron chi connectivity index (χ0n) is 12.3. The molecular formula is C15H20FN3O2S. The van der Waals surface area contributed by atoms with Crippen LogP contribution >= 0.6 is 11.8 Å². The highest BCUT2D eigenvalue weighted by Gasteiger charge is 2.31. The van der Waals surface area contributed by atoms with Crippen molar-refractivity contribution in [3.8, 4) is 0 Å². The van der Waals surface area contributed by atoms with Crippen LogP contribution in [0.4, 0.5) is 20.6 Å². The Morgan fingerprint density at radius 3 is 2.95 bits per heavy atom. The number of carbonyl (C=O) groups excluding carboxylic acids is 1. The van der Waals surface area contributed by atoms with Gasteiger partial charge in [-0.3, -0.25) is 4.90 Å². The maximum atomic E-state index is 14.5. The lowest BCUT2D eigenvalue weighted by Gasteiger charge is -2.24. The summed E-state index contributed by atoms with van der Waals surface area (Å²) >= 11 is 1.90. The van der Waals surface area contributed by atoms with Gasteiger partial charge in [-0.2, -0.15) is 11.8 Å². The first-order valence-electron chi connectivity index (χ1n) is 7.49. The van der Waals surface area contributed by atoms with Crippen LogP contribution in [0.25, 0.3) is 0 Å². The summed E-state index contributed by atoms with van der Waals surface area (Å²) in [6.45, 7) is 2.36. The molecule has 0 saturated carbocycles. The Labute approximate surface area is 133 Å². The number of rotatable bonds is 3. The van der Waals surface area contributed by atoms with Gasteiger partial charge in [0.1, 0.15) is 11.9 Å². The Balaban J connectivity index is 1.78. The van der Waals surface area contributed by atoms with Crippen LogP contribution in [0.5, 0.6) is 0 Å². The lowest BCUT2D eigenvalue weighted by molar-refractivity contribution is 0.145. The van der Waals surface area contributed by atoms with Crippen molar-refractivity contribution in [2.24, 2.45) is 5.73 Å². The second-order valence-corrected chi connectivity index (χ2v) is 6.67. The van der Waals surface area contributed by atoms with Crippen LogP contribution in [0, 0.1) is 5.82 Å². The molecule has 2 heterocycles. The number of nitrogens with two attached hydrogens (primary N) is 1. The molecule has 1 unspecified atom stereocenters. The molecule has 2 aliphatic heterocycles. The first-order chi connectivity index (χ1) is 10.7. The molecule has 0 radical (unpaired) electrons. The minimum Gasteiger partial charge on any atom is -0.443 e. The molecule has 7 heteroatoms. The average Bonchev–Trinajstić information content (AvgIpc) is 2.73. The molecule has 2 aliphatic rings. The molecule has 2 N–H and O–H groups in total. The molecule has 1 atom stereocenters. The molecule has 1 amide bonds. The molecule has 0 spiro atoms. The van der Waals surface area contributed by atoms with E-state index < -0.39 is 6.09 Å². The maximum Gasteiger partial charge on any atom is 0.414 e. The fraction of sp³-hybridized carbons (Fsp3) is 0.533. The number of halogens is 1. The minimum absolute atomic E-state index is 0.272. The zero-order chi connectivity index (χ0) is 15.5. The van der Waals surface area contributed by atoms with Crippen molar-refractivity contribution in [1.82, 2.24) is 0 Å². The number of hydrogen-bond acceptors (Lipinski definition) is 5. The van der Waals surface area contributed by atoms with Gasteiger partial charge in [0.25, 0.3) is 0 Å². The van der Waals surface area contributed by atoms with E-state index in [2.05, 4.69) is 4.90 Å². The van der Waals surface area contributed by atoms with Gasteiger partial charge in [-0.25, -0.2) is 9.18 Å². The third kappa shape index (κ3) is 3.15. The van der Waals surface area contributed by atoms with Crippen LogP contribution in [-0.2, 0) is 4.74 Å². The molecule has 2 saturated heterocycles. The van der Waals surface area contributed by atoms with Crippen LogP contribution in [0.15, 0.2) is 18.2 Å². The summed E-state index contributed by atoms with van der Waals surface area (Å²) in [5.74, 6) is 1.84. The third-order valence-corrected chi connectivity index (χ3v) is 4.99. The summed E-state index contributed by atoms with van der Waals surface area (Å²) in [7, 11) is 0. The highest BCUT2D eigenvalue weighted by Crippen LogP contribution is 2.28.